The zero-order valence-corrected chi connectivity index (χ0v) is 18.3. The summed E-state index contributed by atoms with van der Waals surface area (Å²) in [6.45, 7) is 10.7. The fraction of sp³-hybridized carbons (Fsp3) is 0.480. The minimum atomic E-state index is -0.512. The lowest BCUT2D eigenvalue weighted by molar-refractivity contribution is -0.174. The lowest BCUT2D eigenvalue weighted by Crippen LogP contribution is -2.20. The monoisotopic (exact) mass is 398 g/mol. The van der Waals surface area contributed by atoms with Gasteiger partial charge in [0, 0.05) is 0 Å². The molecule has 0 N–H and O–H groups in total. The molecule has 0 saturated heterocycles. The van der Waals surface area contributed by atoms with Gasteiger partial charge in [0.25, 0.3) is 0 Å². The van der Waals surface area contributed by atoms with E-state index < -0.39 is 6.29 Å². The van der Waals surface area contributed by atoms with Crippen LogP contribution in [0.25, 0.3) is 0 Å². The van der Waals surface area contributed by atoms with Crippen molar-refractivity contribution in [2.75, 3.05) is 6.79 Å². The molecule has 0 saturated carbocycles. The molecule has 0 amide bonds. The van der Waals surface area contributed by atoms with E-state index in [4.69, 9.17) is 14.2 Å². The third kappa shape index (κ3) is 8.28. The van der Waals surface area contributed by atoms with Crippen LogP contribution < -0.4 is 4.74 Å². The Labute approximate surface area is 175 Å². The van der Waals surface area contributed by atoms with Gasteiger partial charge in [-0.1, -0.05) is 70.2 Å². The van der Waals surface area contributed by atoms with Gasteiger partial charge in [-0.15, -0.1) is 0 Å². The molecule has 0 bridgehead atoms. The van der Waals surface area contributed by atoms with Gasteiger partial charge in [0.05, 0.1) is 6.42 Å². The van der Waals surface area contributed by atoms with E-state index in [0.717, 1.165) is 11.3 Å². The summed E-state index contributed by atoms with van der Waals surface area (Å²) in [7, 11) is 0. The van der Waals surface area contributed by atoms with Crippen LogP contribution in [0.15, 0.2) is 54.6 Å². The molecule has 2 aromatic carbocycles. The molecule has 0 radical (unpaired) electrons. The quantitative estimate of drug-likeness (QED) is 0.346. The van der Waals surface area contributed by atoms with Gasteiger partial charge in [-0.3, -0.25) is 4.79 Å². The maximum Gasteiger partial charge on any atom is 0.312 e. The van der Waals surface area contributed by atoms with E-state index in [0.29, 0.717) is 17.8 Å². The van der Waals surface area contributed by atoms with Gasteiger partial charge >= 0.3 is 5.97 Å². The molecule has 2 rings (SSSR count). The van der Waals surface area contributed by atoms with Crippen LogP contribution in [0.5, 0.6) is 5.75 Å². The van der Waals surface area contributed by atoms with Crippen molar-refractivity contribution in [3.05, 3.63) is 65.7 Å². The molecule has 4 nitrogen and oxygen atoms in total. The van der Waals surface area contributed by atoms with Crippen LogP contribution in [-0.4, -0.2) is 19.1 Å². The topological polar surface area (TPSA) is 44.8 Å². The minimum absolute atomic E-state index is 0.130. The molecule has 158 valence electrons. The van der Waals surface area contributed by atoms with Crippen molar-refractivity contribution in [3.8, 4) is 5.75 Å². The molecule has 0 aliphatic carbocycles. The van der Waals surface area contributed by atoms with Crippen molar-refractivity contribution >= 4 is 5.97 Å². The van der Waals surface area contributed by atoms with Gasteiger partial charge in [-0.2, -0.15) is 0 Å². The first kappa shape index (κ1) is 23.0. The van der Waals surface area contributed by atoms with Gasteiger partial charge in [0.15, 0.2) is 6.79 Å². The highest BCUT2D eigenvalue weighted by atomic mass is 16.8. The van der Waals surface area contributed by atoms with Crippen molar-refractivity contribution in [2.24, 2.45) is 11.8 Å². The normalized spacial score (nSPS) is 13.3. The van der Waals surface area contributed by atoms with Crippen molar-refractivity contribution < 1.29 is 19.0 Å². The Morgan fingerprint density at radius 2 is 1.55 bits per heavy atom. The van der Waals surface area contributed by atoms with Crippen LogP contribution >= 0.6 is 0 Å². The predicted molar refractivity (Wildman–Crippen MR) is 116 cm³/mol. The van der Waals surface area contributed by atoms with Crippen LogP contribution in [0.2, 0.25) is 0 Å². The van der Waals surface area contributed by atoms with Crippen LogP contribution in [0.1, 0.15) is 58.1 Å². The highest BCUT2D eigenvalue weighted by molar-refractivity contribution is 5.72. The Balaban J connectivity index is 1.77. The number of rotatable bonds is 11. The number of carbonyl (C=O) groups excluding carboxylic acids is 1. The highest BCUT2D eigenvalue weighted by Gasteiger charge is 2.17. The predicted octanol–water partition coefficient (Wildman–Crippen LogP) is 5.96. The Morgan fingerprint density at radius 1 is 0.897 bits per heavy atom. The zero-order chi connectivity index (χ0) is 21.2. The van der Waals surface area contributed by atoms with E-state index in [9.17, 15) is 4.79 Å². The highest BCUT2D eigenvalue weighted by Crippen LogP contribution is 2.32. The molecule has 2 aromatic rings. The van der Waals surface area contributed by atoms with Gasteiger partial charge in [0.1, 0.15) is 5.75 Å². The molecule has 0 spiro atoms. The molecule has 0 aromatic heterocycles. The molecule has 0 heterocycles. The molecule has 0 aliphatic heterocycles. The average Bonchev–Trinajstić information content (AvgIpc) is 2.67. The molecule has 2 unspecified atom stereocenters. The smallest absolute Gasteiger partial charge is 0.312 e. The molecule has 2 atom stereocenters. The fourth-order valence-corrected chi connectivity index (χ4v) is 3.33. The first-order valence-corrected chi connectivity index (χ1v) is 10.4. The Morgan fingerprint density at radius 3 is 2.14 bits per heavy atom. The number of benzene rings is 2. The number of hydrogen-bond acceptors (Lipinski definition) is 4. The standard InChI is InChI=1S/C25H34O4/c1-18(2)15-24(19(3)4)22-11-13-23(14-12-22)29-20(5)27-17-28-25(26)16-21-9-7-6-8-10-21/h6-14,18-20,24H,15-17H2,1-5H3. The summed E-state index contributed by atoms with van der Waals surface area (Å²) in [4.78, 5) is 11.8. The van der Waals surface area contributed by atoms with Gasteiger partial charge < -0.3 is 14.2 Å². The summed E-state index contributed by atoms with van der Waals surface area (Å²) in [6, 6.07) is 17.7. The summed E-state index contributed by atoms with van der Waals surface area (Å²) in [5.74, 6) is 2.22. The Kier molecular flexibility index (Phi) is 9.20. The summed E-state index contributed by atoms with van der Waals surface area (Å²) < 4.78 is 16.4. The second kappa shape index (κ2) is 11.6. The number of carbonyl (C=O) groups is 1. The van der Waals surface area contributed by atoms with E-state index in [2.05, 4.69) is 39.8 Å². The Bertz CT molecular complexity index is 722. The van der Waals surface area contributed by atoms with Gasteiger partial charge in [-0.05, 0) is 54.4 Å². The zero-order valence-electron chi connectivity index (χ0n) is 18.3. The third-order valence-corrected chi connectivity index (χ3v) is 4.85. The van der Waals surface area contributed by atoms with E-state index >= 15 is 0 Å². The molecular weight excluding hydrogens is 364 g/mol. The first-order chi connectivity index (χ1) is 13.8. The Hall–Kier alpha value is -2.33. The molecule has 4 heteroatoms. The van der Waals surface area contributed by atoms with Crippen molar-refractivity contribution in [2.45, 2.75) is 59.7 Å². The summed E-state index contributed by atoms with van der Waals surface area (Å²) in [6.07, 6.45) is 0.891. The number of ether oxygens (including phenoxy) is 3. The second-order valence-corrected chi connectivity index (χ2v) is 8.20. The second-order valence-electron chi connectivity index (χ2n) is 8.20. The maximum absolute atomic E-state index is 11.8. The van der Waals surface area contributed by atoms with E-state index in [1.807, 2.05) is 42.5 Å². The van der Waals surface area contributed by atoms with Crippen LogP contribution in [0.3, 0.4) is 0 Å². The van der Waals surface area contributed by atoms with E-state index in [1.54, 1.807) is 6.92 Å². The van der Waals surface area contributed by atoms with Crippen molar-refractivity contribution in [1.82, 2.24) is 0 Å². The number of esters is 1. The first-order valence-electron chi connectivity index (χ1n) is 10.4. The lowest BCUT2D eigenvalue weighted by Gasteiger charge is -2.24. The van der Waals surface area contributed by atoms with Gasteiger partial charge in [-0.25, -0.2) is 0 Å². The molecular formula is C25H34O4. The van der Waals surface area contributed by atoms with Crippen molar-refractivity contribution in [1.29, 1.82) is 0 Å². The summed E-state index contributed by atoms with van der Waals surface area (Å²) in [5.41, 5.74) is 2.25. The maximum atomic E-state index is 11.8. The molecule has 0 fully saturated rings. The minimum Gasteiger partial charge on any atom is -0.465 e. The van der Waals surface area contributed by atoms with Gasteiger partial charge in [0.2, 0.25) is 6.29 Å². The fourth-order valence-electron chi connectivity index (χ4n) is 3.33. The largest absolute Gasteiger partial charge is 0.465 e. The molecule has 0 aliphatic rings. The van der Waals surface area contributed by atoms with Crippen molar-refractivity contribution in [3.63, 3.8) is 0 Å². The van der Waals surface area contributed by atoms with E-state index in [1.165, 1.54) is 12.0 Å². The third-order valence-electron chi connectivity index (χ3n) is 4.85. The van der Waals surface area contributed by atoms with Crippen LogP contribution in [0.4, 0.5) is 0 Å². The average molecular weight is 399 g/mol. The number of hydrogen-bond donors (Lipinski definition) is 0. The van der Waals surface area contributed by atoms with Crippen LogP contribution in [0, 0.1) is 11.8 Å². The SMILES string of the molecule is CC(C)CC(c1ccc(OC(C)OCOC(=O)Cc2ccccc2)cc1)C(C)C. The van der Waals surface area contributed by atoms with E-state index in [-0.39, 0.29) is 19.2 Å². The molecule has 29 heavy (non-hydrogen) atoms. The summed E-state index contributed by atoms with van der Waals surface area (Å²) in [5, 5.41) is 0. The van der Waals surface area contributed by atoms with Crippen LogP contribution in [-0.2, 0) is 20.7 Å². The lowest BCUT2D eigenvalue weighted by atomic mass is 9.82. The summed E-state index contributed by atoms with van der Waals surface area (Å²) >= 11 is 0.